The molecule has 0 aliphatic carbocycles. The molecule has 0 aliphatic heterocycles. The first-order chi connectivity index (χ1) is 11.6. The molecule has 0 fully saturated rings. The molecule has 0 aliphatic rings. The molecule has 7 nitrogen and oxygen atoms in total. The first-order valence-corrected chi connectivity index (χ1v) is 7.43. The van der Waals surface area contributed by atoms with E-state index in [1.807, 2.05) is 48.3 Å². The van der Waals surface area contributed by atoms with Gasteiger partial charge in [-0.05, 0) is 35.9 Å². The lowest BCUT2D eigenvalue weighted by Crippen LogP contribution is -2.26. The van der Waals surface area contributed by atoms with Crippen molar-refractivity contribution in [2.75, 3.05) is 25.6 Å². The van der Waals surface area contributed by atoms with E-state index < -0.39 is 0 Å². The second-order valence-electron chi connectivity index (χ2n) is 5.45. The van der Waals surface area contributed by atoms with E-state index in [1.54, 1.807) is 6.92 Å². The number of likely N-dealkylation sites (N-methyl/N-ethyl adjacent to an activating group) is 1. The number of rotatable bonds is 4. The molecule has 0 radical (unpaired) electrons. The van der Waals surface area contributed by atoms with Crippen molar-refractivity contribution >= 4 is 22.4 Å². The Kier molecular flexibility index (Phi) is 4.33. The molecule has 2 aromatic carbocycles. The zero-order valence-corrected chi connectivity index (χ0v) is 13.7. The third-order valence-corrected chi connectivity index (χ3v) is 3.70. The number of hydrogen-bond donors (Lipinski definition) is 0. The van der Waals surface area contributed by atoms with E-state index in [2.05, 4.69) is 20.4 Å². The van der Waals surface area contributed by atoms with E-state index in [0.29, 0.717) is 11.6 Å². The average molecular weight is 323 g/mol. The normalized spacial score (nSPS) is 10.6. The van der Waals surface area contributed by atoms with Crippen molar-refractivity contribution in [1.29, 1.82) is 0 Å². The van der Waals surface area contributed by atoms with Gasteiger partial charge in [0.15, 0.2) is 5.82 Å². The van der Waals surface area contributed by atoms with Crippen LogP contribution in [-0.2, 0) is 9.53 Å². The molecule has 0 unspecified atom stereocenters. The number of carbonyl (C=O) groups excluding carboxylic acids is 1. The summed E-state index contributed by atoms with van der Waals surface area (Å²) in [5.74, 6) is 0.761. The van der Waals surface area contributed by atoms with Gasteiger partial charge in [-0.2, -0.15) is 0 Å². The molecule has 122 valence electrons. The SMILES string of the molecule is COC(=O)CN(C)c1ccc2cc(-c3nnc(C)nn3)ccc2c1. The molecule has 0 N–H and O–H groups in total. The van der Waals surface area contributed by atoms with Gasteiger partial charge >= 0.3 is 5.97 Å². The van der Waals surface area contributed by atoms with Crippen molar-refractivity contribution in [3.05, 3.63) is 42.2 Å². The number of ether oxygens (including phenoxy) is 1. The minimum Gasteiger partial charge on any atom is -0.468 e. The van der Waals surface area contributed by atoms with Crippen LogP contribution in [0, 0.1) is 6.92 Å². The summed E-state index contributed by atoms with van der Waals surface area (Å²) in [4.78, 5) is 13.2. The van der Waals surface area contributed by atoms with E-state index in [1.165, 1.54) is 7.11 Å². The zero-order valence-electron chi connectivity index (χ0n) is 13.7. The summed E-state index contributed by atoms with van der Waals surface area (Å²) < 4.78 is 4.70. The molecular formula is C17H17N5O2. The van der Waals surface area contributed by atoms with Crippen LogP contribution in [0.5, 0.6) is 0 Å². The lowest BCUT2D eigenvalue weighted by Gasteiger charge is -2.18. The quantitative estimate of drug-likeness (QED) is 0.679. The van der Waals surface area contributed by atoms with Crippen LogP contribution >= 0.6 is 0 Å². The zero-order chi connectivity index (χ0) is 17.1. The Labute approximate surface area is 139 Å². The Morgan fingerprint density at radius 2 is 1.71 bits per heavy atom. The maximum Gasteiger partial charge on any atom is 0.325 e. The maximum atomic E-state index is 11.4. The number of nitrogens with zero attached hydrogens (tertiary/aromatic N) is 5. The molecule has 0 spiro atoms. The molecule has 0 atom stereocenters. The number of hydrogen-bond acceptors (Lipinski definition) is 7. The van der Waals surface area contributed by atoms with Crippen LogP contribution < -0.4 is 4.90 Å². The Balaban J connectivity index is 1.91. The Morgan fingerprint density at radius 1 is 1.04 bits per heavy atom. The minimum atomic E-state index is -0.274. The molecular weight excluding hydrogens is 306 g/mol. The standard InChI is InChI=1S/C17H17N5O2/c1-11-18-20-17(21-19-11)14-5-4-13-9-15(7-6-12(13)8-14)22(2)10-16(23)24-3/h4-9H,10H2,1-3H3. The number of anilines is 1. The molecule has 3 aromatic rings. The Bertz CT molecular complexity index is 880. The average Bonchev–Trinajstić information content (AvgIpc) is 2.61. The van der Waals surface area contributed by atoms with E-state index >= 15 is 0 Å². The molecule has 24 heavy (non-hydrogen) atoms. The van der Waals surface area contributed by atoms with Crippen LogP contribution in [0.4, 0.5) is 5.69 Å². The van der Waals surface area contributed by atoms with Crippen LogP contribution in [0.2, 0.25) is 0 Å². The van der Waals surface area contributed by atoms with Gasteiger partial charge in [-0.15, -0.1) is 20.4 Å². The molecule has 1 heterocycles. The lowest BCUT2D eigenvalue weighted by atomic mass is 10.1. The number of benzene rings is 2. The van der Waals surface area contributed by atoms with Gasteiger partial charge in [-0.3, -0.25) is 4.79 Å². The number of esters is 1. The fraction of sp³-hybridized carbons (Fsp3) is 0.235. The van der Waals surface area contributed by atoms with Crippen LogP contribution in [0.3, 0.4) is 0 Å². The third kappa shape index (κ3) is 3.29. The van der Waals surface area contributed by atoms with Gasteiger partial charge in [0.1, 0.15) is 6.54 Å². The molecule has 0 saturated heterocycles. The fourth-order valence-corrected chi connectivity index (χ4v) is 2.35. The van der Waals surface area contributed by atoms with Crippen molar-refractivity contribution in [3.63, 3.8) is 0 Å². The van der Waals surface area contributed by atoms with Crippen LogP contribution in [0.25, 0.3) is 22.2 Å². The van der Waals surface area contributed by atoms with Gasteiger partial charge in [0.05, 0.1) is 7.11 Å². The molecule has 1 aromatic heterocycles. The van der Waals surface area contributed by atoms with Crippen molar-refractivity contribution in [3.8, 4) is 11.4 Å². The van der Waals surface area contributed by atoms with Gasteiger partial charge in [0, 0.05) is 18.3 Å². The summed E-state index contributed by atoms with van der Waals surface area (Å²) in [6, 6.07) is 11.9. The molecule has 0 amide bonds. The predicted molar refractivity (Wildman–Crippen MR) is 90.6 cm³/mol. The molecule has 7 heteroatoms. The molecule has 0 bridgehead atoms. The Hall–Kier alpha value is -3.09. The van der Waals surface area contributed by atoms with Crippen molar-refractivity contribution < 1.29 is 9.53 Å². The van der Waals surface area contributed by atoms with Crippen molar-refractivity contribution in [1.82, 2.24) is 20.4 Å². The highest BCUT2D eigenvalue weighted by Crippen LogP contribution is 2.25. The van der Waals surface area contributed by atoms with E-state index in [0.717, 1.165) is 22.0 Å². The van der Waals surface area contributed by atoms with Gasteiger partial charge in [-0.1, -0.05) is 18.2 Å². The maximum absolute atomic E-state index is 11.4. The number of fused-ring (bicyclic) bond motifs is 1. The summed E-state index contributed by atoms with van der Waals surface area (Å²) >= 11 is 0. The smallest absolute Gasteiger partial charge is 0.325 e. The summed E-state index contributed by atoms with van der Waals surface area (Å²) in [6.07, 6.45) is 0. The van der Waals surface area contributed by atoms with Crippen LogP contribution in [-0.4, -0.2) is 47.1 Å². The number of carbonyl (C=O) groups is 1. The summed E-state index contributed by atoms with van der Waals surface area (Å²) in [6.45, 7) is 1.95. The van der Waals surface area contributed by atoms with Gasteiger partial charge in [0.2, 0.25) is 5.82 Å². The summed E-state index contributed by atoms with van der Waals surface area (Å²) in [5, 5.41) is 18.1. The van der Waals surface area contributed by atoms with Gasteiger partial charge < -0.3 is 9.64 Å². The highest BCUT2D eigenvalue weighted by Gasteiger charge is 2.09. The largest absolute Gasteiger partial charge is 0.468 e. The minimum absolute atomic E-state index is 0.203. The molecule has 3 rings (SSSR count). The van der Waals surface area contributed by atoms with Crippen LogP contribution in [0.1, 0.15) is 5.82 Å². The monoisotopic (exact) mass is 323 g/mol. The first kappa shape index (κ1) is 15.8. The fourth-order valence-electron chi connectivity index (χ4n) is 2.35. The number of aromatic nitrogens is 4. The predicted octanol–water partition coefficient (Wildman–Crippen LogP) is 2.00. The number of methoxy groups -OCH3 is 1. The Morgan fingerprint density at radius 3 is 2.42 bits per heavy atom. The van der Waals surface area contributed by atoms with Gasteiger partial charge in [-0.25, -0.2) is 0 Å². The summed E-state index contributed by atoms with van der Waals surface area (Å²) in [5.41, 5.74) is 1.80. The highest BCUT2D eigenvalue weighted by atomic mass is 16.5. The highest BCUT2D eigenvalue weighted by molar-refractivity contribution is 5.89. The first-order valence-electron chi connectivity index (χ1n) is 7.43. The van der Waals surface area contributed by atoms with Gasteiger partial charge in [0.25, 0.3) is 0 Å². The van der Waals surface area contributed by atoms with Crippen molar-refractivity contribution in [2.45, 2.75) is 6.92 Å². The second kappa shape index (κ2) is 6.57. The topological polar surface area (TPSA) is 81.1 Å². The van der Waals surface area contributed by atoms with Crippen molar-refractivity contribution in [2.24, 2.45) is 0 Å². The molecule has 0 saturated carbocycles. The lowest BCUT2D eigenvalue weighted by molar-refractivity contribution is -0.138. The van der Waals surface area contributed by atoms with E-state index in [4.69, 9.17) is 4.74 Å². The van der Waals surface area contributed by atoms with E-state index in [9.17, 15) is 4.79 Å². The second-order valence-corrected chi connectivity index (χ2v) is 5.45. The van der Waals surface area contributed by atoms with E-state index in [-0.39, 0.29) is 12.5 Å². The van der Waals surface area contributed by atoms with Crippen LogP contribution in [0.15, 0.2) is 36.4 Å². The summed E-state index contributed by atoms with van der Waals surface area (Å²) in [7, 11) is 3.24. The third-order valence-electron chi connectivity index (χ3n) is 3.70. The number of aryl methyl sites for hydroxylation is 1.